The molecule has 0 bridgehead atoms. The lowest BCUT2D eigenvalue weighted by molar-refractivity contribution is -0.134. The van der Waals surface area contributed by atoms with Gasteiger partial charge in [-0.1, -0.05) is 20.8 Å². The Kier molecular flexibility index (Phi) is 6.64. The number of hydrogen-bond acceptors (Lipinski definition) is 5. The fourth-order valence-electron chi connectivity index (χ4n) is 3.03. The maximum atomic E-state index is 13.1. The summed E-state index contributed by atoms with van der Waals surface area (Å²) in [5.41, 5.74) is -0.591. The molecule has 0 aliphatic carbocycles. The summed E-state index contributed by atoms with van der Waals surface area (Å²) in [6.07, 6.45) is 0.00260. The molecule has 0 aromatic heterocycles. The van der Waals surface area contributed by atoms with Crippen molar-refractivity contribution in [1.82, 2.24) is 9.80 Å². The van der Waals surface area contributed by atoms with Crippen molar-refractivity contribution in [3.05, 3.63) is 0 Å². The van der Waals surface area contributed by atoms with Gasteiger partial charge in [0.2, 0.25) is 5.91 Å². The maximum absolute atomic E-state index is 13.1. The van der Waals surface area contributed by atoms with E-state index in [4.69, 9.17) is 9.16 Å². The van der Waals surface area contributed by atoms with Crippen LogP contribution >= 0.6 is 11.8 Å². The molecule has 0 aromatic rings. The molecule has 2 aliphatic heterocycles. The van der Waals surface area contributed by atoms with Gasteiger partial charge in [-0.2, -0.15) is 0 Å². The zero-order valence-electron chi connectivity index (χ0n) is 18.1. The van der Waals surface area contributed by atoms with Crippen LogP contribution in [-0.4, -0.2) is 72.6 Å². The maximum Gasteiger partial charge on any atom is 0.411 e. The summed E-state index contributed by atoms with van der Waals surface area (Å²) in [7, 11) is -1.98. The highest BCUT2D eigenvalue weighted by Crippen LogP contribution is 2.39. The van der Waals surface area contributed by atoms with Crippen LogP contribution in [0.2, 0.25) is 18.1 Å². The van der Waals surface area contributed by atoms with Crippen molar-refractivity contribution in [2.75, 3.05) is 24.7 Å². The molecule has 2 aliphatic rings. The molecule has 0 aromatic carbocycles. The third-order valence-corrected chi connectivity index (χ3v) is 11.0. The van der Waals surface area contributed by atoms with Crippen molar-refractivity contribution < 1.29 is 18.8 Å². The molecule has 2 atom stereocenters. The summed E-state index contributed by atoms with van der Waals surface area (Å²) in [5.74, 6) is 1.67. The molecule has 0 N–H and O–H groups in total. The number of nitrogens with zero attached hydrogens (tertiary/aromatic N) is 2. The SMILES string of the molecule is CC(C)(C)OC(=O)N1CC(O[Si](C)(C)C(C)(C)C)CC1C(=O)N1CCSC1. The molecule has 2 saturated heterocycles. The lowest BCUT2D eigenvalue weighted by Gasteiger charge is -2.38. The number of rotatable bonds is 3. The van der Waals surface area contributed by atoms with Gasteiger partial charge in [0, 0.05) is 25.3 Å². The number of amides is 2. The normalized spacial score (nSPS) is 24.4. The fourth-order valence-corrected chi connectivity index (χ4v) is 5.34. The van der Waals surface area contributed by atoms with Gasteiger partial charge in [-0.05, 0) is 38.9 Å². The van der Waals surface area contributed by atoms with Gasteiger partial charge < -0.3 is 14.1 Å². The first-order valence-electron chi connectivity index (χ1n) is 9.75. The van der Waals surface area contributed by atoms with E-state index in [1.165, 1.54) is 0 Å². The van der Waals surface area contributed by atoms with Gasteiger partial charge in [0.1, 0.15) is 11.6 Å². The first-order valence-corrected chi connectivity index (χ1v) is 13.8. The molecular formula is C19H36N2O4SSi. The van der Waals surface area contributed by atoms with Crippen LogP contribution in [0.1, 0.15) is 48.0 Å². The number of hydrogen-bond donors (Lipinski definition) is 0. The van der Waals surface area contributed by atoms with Gasteiger partial charge >= 0.3 is 6.09 Å². The van der Waals surface area contributed by atoms with Crippen molar-refractivity contribution >= 4 is 32.1 Å². The number of carbonyl (C=O) groups is 2. The van der Waals surface area contributed by atoms with Crippen LogP contribution in [0.25, 0.3) is 0 Å². The Bertz CT molecular complexity index is 565. The standard InChI is InChI=1S/C19H36N2O4SSi/c1-18(2,3)24-17(23)21-12-14(25-27(7,8)19(4,5)6)11-15(21)16(22)20-9-10-26-13-20/h14-15H,9-13H2,1-8H3. The Morgan fingerprint density at radius 2 is 1.74 bits per heavy atom. The van der Waals surface area contributed by atoms with E-state index in [1.54, 1.807) is 16.7 Å². The monoisotopic (exact) mass is 416 g/mol. The third kappa shape index (κ3) is 5.64. The van der Waals surface area contributed by atoms with Gasteiger partial charge in [-0.3, -0.25) is 9.69 Å². The van der Waals surface area contributed by atoms with Crippen LogP contribution in [0.4, 0.5) is 4.79 Å². The zero-order chi connectivity index (χ0) is 20.6. The van der Waals surface area contributed by atoms with E-state index < -0.39 is 26.1 Å². The molecule has 0 spiro atoms. The fraction of sp³-hybridized carbons (Fsp3) is 0.895. The highest BCUT2D eigenvalue weighted by Gasteiger charge is 2.47. The summed E-state index contributed by atoms with van der Waals surface area (Å²) >= 11 is 1.75. The molecule has 2 unspecified atom stereocenters. The van der Waals surface area contributed by atoms with Crippen LogP contribution < -0.4 is 0 Å². The van der Waals surface area contributed by atoms with Crippen LogP contribution in [0.3, 0.4) is 0 Å². The molecule has 2 amide bonds. The van der Waals surface area contributed by atoms with E-state index in [0.29, 0.717) is 18.8 Å². The predicted molar refractivity (Wildman–Crippen MR) is 112 cm³/mol. The van der Waals surface area contributed by atoms with E-state index in [-0.39, 0.29) is 17.0 Å². The minimum atomic E-state index is -1.98. The van der Waals surface area contributed by atoms with Gasteiger partial charge in [-0.25, -0.2) is 4.79 Å². The summed E-state index contributed by atoms with van der Waals surface area (Å²) < 4.78 is 12.1. The van der Waals surface area contributed by atoms with E-state index in [1.807, 2.05) is 25.7 Å². The van der Waals surface area contributed by atoms with Crippen molar-refractivity contribution in [3.63, 3.8) is 0 Å². The minimum absolute atomic E-state index is 0.0205. The van der Waals surface area contributed by atoms with Crippen LogP contribution in [-0.2, 0) is 14.0 Å². The Balaban J connectivity index is 2.17. The van der Waals surface area contributed by atoms with E-state index in [2.05, 4.69) is 33.9 Å². The Hall–Kier alpha value is -0.733. The van der Waals surface area contributed by atoms with Gasteiger partial charge in [0.25, 0.3) is 0 Å². The third-order valence-electron chi connectivity index (χ3n) is 5.51. The summed E-state index contributed by atoms with van der Waals surface area (Å²) in [6, 6.07) is -0.492. The quantitative estimate of drug-likeness (QED) is 0.653. The second-order valence-electron chi connectivity index (χ2n) is 10.0. The van der Waals surface area contributed by atoms with Crippen molar-refractivity contribution in [1.29, 1.82) is 0 Å². The minimum Gasteiger partial charge on any atom is -0.444 e. The molecule has 2 fully saturated rings. The van der Waals surface area contributed by atoms with Gasteiger partial charge in [0.05, 0.1) is 12.0 Å². The molecule has 2 heterocycles. The average Bonchev–Trinajstić information content (AvgIpc) is 3.12. The van der Waals surface area contributed by atoms with Crippen molar-refractivity contribution in [2.24, 2.45) is 0 Å². The van der Waals surface area contributed by atoms with Crippen molar-refractivity contribution in [3.8, 4) is 0 Å². The van der Waals surface area contributed by atoms with Gasteiger partial charge in [0.15, 0.2) is 8.32 Å². The zero-order valence-corrected chi connectivity index (χ0v) is 19.9. The molecule has 6 nitrogen and oxygen atoms in total. The van der Waals surface area contributed by atoms with E-state index in [0.717, 1.165) is 12.3 Å². The van der Waals surface area contributed by atoms with Gasteiger partial charge in [-0.15, -0.1) is 11.8 Å². The second-order valence-corrected chi connectivity index (χ2v) is 15.9. The molecule has 156 valence electrons. The summed E-state index contributed by atoms with van der Waals surface area (Å²) in [5, 5.41) is 0.0808. The number of ether oxygens (including phenoxy) is 1. The Morgan fingerprint density at radius 1 is 1.11 bits per heavy atom. The Morgan fingerprint density at radius 3 is 2.22 bits per heavy atom. The van der Waals surface area contributed by atoms with Crippen molar-refractivity contribution in [2.45, 2.75) is 83.8 Å². The molecule has 0 radical (unpaired) electrons. The number of thioether (sulfide) groups is 1. The molecule has 8 heteroatoms. The topological polar surface area (TPSA) is 59.1 Å². The average molecular weight is 417 g/mol. The molecule has 2 rings (SSSR count). The summed E-state index contributed by atoms with van der Waals surface area (Å²) in [6.45, 7) is 17.7. The first-order chi connectivity index (χ1) is 12.2. The summed E-state index contributed by atoms with van der Waals surface area (Å²) in [4.78, 5) is 29.3. The predicted octanol–water partition coefficient (Wildman–Crippen LogP) is 3.92. The highest BCUT2D eigenvalue weighted by molar-refractivity contribution is 7.99. The molecular weight excluding hydrogens is 380 g/mol. The Labute approximate surface area is 169 Å². The lowest BCUT2D eigenvalue weighted by atomic mass is 10.1. The number of likely N-dealkylation sites (tertiary alicyclic amines) is 1. The lowest BCUT2D eigenvalue weighted by Crippen LogP contribution is -2.48. The highest BCUT2D eigenvalue weighted by atomic mass is 32.2. The molecule has 0 saturated carbocycles. The molecule has 27 heavy (non-hydrogen) atoms. The first kappa shape index (κ1) is 22.6. The largest absolute Gasteiger partial charge is 0.444 e. The van der Waals surface area contributed by atoms with Crippen LogP contribution in [0, 0.1) is 0 Å². The van der Waals surface area contributed by atoms with E-state index >= 15 is 0 Å². The van der Waals surface area contributed by atoms with Crippen LogP contribution in [0.15, 0.2) is 0 Å². The smallest absolute Gasteiger partial charge is 0.411 e. The second kappa shape index (κ2) is 7.95. The number of carbonyl (C=O) groups excluding carboxylic acids is 2. The van der Waals surface area contributed by atoms with E-state index in [9.17, 15) is 9.59 Å². The van der Waals surface area contributed by atoms with Crippen LogP contribution in [0.5, 0.6) is 0 Å².